The minimum Gasteiger partial charge on any atom is -0.481 e. The van der Waals surface area contributed by atoms with Gasteiger partial charge in [-0.1, -0.05) is 146 Å². The van der Waals surface area contributed by atoms with E-state index in [1.807, 2.05) is 24.3 Å². The highest BCUT2D eigenvalue weighted by Crippen LogP contribution is 2.62. The summed E-state index contributed by atoms with van der Waals surface area (Å²) >= 11 is 0. The zero-order chi connectivity index (χ0) is 24.8. The summed E-state index contributed by atoms with van der Waals surface area (Å²) < 4.78 is 0. The third kappa shape index (κ3) is 4.98. The summed E-state index contributed by atoms with van der Waals surface area (Å²) in [4.78, 5) is 12.6. The summed E-state index contributed by atoms with van der Waals surface area (Å²) in [5.41, 5.74) is 0.00456. The Labute approximate surface area is 215 Å². The van der Waals surface area contributed by atoms with Crippen LogP contribution >= 0.6 is 15.8 Å². The first-order valence-corrected chi connectivity index (χ1v) is 14.8. The van der Waals surface area contributed by atoms with Crippen molar-refractivity contribution in [1.82, 2.24) is 0 Å². The van der Waals surface area contributed by atoms with E-state index in [-0.39, 0.29) is 12.1 Å². The number of carboxylic acid groups (broad SMARTS) is 1. The molecule has 0 aromatic heterocycles. The van der Waals surface area contributed by atoms with Gasteiger partial charge in [-0.2, -0.15) is 0 Å². The molecule has 1 aliphatic carbocycles. The summed E-state index contributed by atoms with van der Waals surface area (Å²) in [5.74, 6) is -0.768. The molecule has 0 heterocycles. The molecule has 0 radical (unpaired) electrons. The SMILES string of the molecule is O=C(O)CC1(P(c2ccccc2)c2ccccc2)C=CC=CC1P(c1ccccc1)c1ccccc1. The van der Waals surface area contributed by atoms with E-state index in [1.54, 1.807) is 0 Å². The quantitative estimate of drug-likeness (QED) is 0.300. The second-order valence-electron chi connectivity index (χ2n) is 8.80. The number of rotatable bonds is 8. The molecule has 2 unspecified atom stereocenters. The van der Waals surface area contributed by atoms with E-state index in [4.69, 9.17) is 0 Å². The molecule has 0 spiro atoms. The minimum absolute atomic E-state index is 0.00456. The fourth-order valence-corrected chi connectivity index (χ4v) is 11.7. The van der Waals surface area contributed by atoms with Crippen molar-refractivity contribution in [1.29, 1.82) is 0 Å². The van der Waals surface area contributed by atoms with Crippen LogP contribution in [-0.2, 0) is 4.79 Å². The smallest absolute Gasteiger partial charge is 0.304 e. The zero-order valence-electron chi connectivity index (χ0n) is 19.9. The molecule has 178 valence electrons. The van der Waals surface area contributed by atoms with Gasteiger partial charge >= 0.3 is 5.97 Å². The van der Waals surface area contributed by atoms with Gasteiger partial charge < -0.3 is 5.11 Å². The molecule has 5 rings (SSSR count). The molecule has 1 N–H and O–H groups in total. The van der Waals surface area contributed by atoms with E-state index in [0.717, 1.165) is 0 Å². The first kappa shape index (κ1) is 24.4. The average molecular weight is 507 g/mol. The van der Waals surface area contributed by atoms with Crippen molar-refractivity contribution in [2.75, 3.05) is 0 Å². The standard InChI is InChI=1S/C32H28O2P2/c33-31(34)25-32(36(28-19-9-3-10-20-28)29-21-11-4-12-22-29)24-14-13-23-30(32)35(26-15-5-1-6-16-26)27-17-7-2-8-18-27/h1-24,30H,25H2,(H,33,34). The highest BCUT2D eigenvalue weighted by Gasteiger charge is 2.49. The highest BCUT2D eigenvalue weighted by molar-refractivity contribution is 7.78. The second-order valence-corrected chi connectivity index (χ2v) is 13.7. The maximum Gasteiger partial charge on any atom is 0.304 e. The van der Waals surface area contributed by atoms with Crippen LogP contribution in [0.25, 0.3) is 0 Å². The summed E-state index contributed by atoms with van der Waals surface area (Å²) in [6.45, 7) is 0. The molecule has 0 saturated heterocycles. The van der Waals surface area contributed by atoms with Gasteiger partial charge in [-0.15, -0.1) is 0 Å². The molecule has 1 aliphatic rings. The van der Waals surface area contributed by atoms with Crippen molar-refractivity contribution in [2.24, 2.45) is 0 Å². The summed E-state index contributed by atoms with van der Waals surface area (Å²) in [6, 6.07) is 42.2. The van der Waals surface area contributed by atoms with Gasteiger partial charge in [-0.05, 0) is 37.1 Å². The van der Waals surface area contributed by atoms with Crippen molar-refractivity contribution in [3.8, 4) is 0 Å². The molecule has 36 heavy (non-hydrogen) atoms. The van der Waals surface area contributed by atoms with Crippen LogP contribution in [0.4, 0.5) is 0 Å². The van der Waals surface area contributed by atoms with E-state index in [2.05, 4.69) is 121 Å². The van der Waals surface area contributed by atoms with E-state index < -0.39 is 27.0 Å². The zero-order valence-corrected chi connectivity index (χ0v) is 21.7. The van der Waals surface area contributed by atoms with Crippen LogP contribution in [-0.4, -0.2) is 21.9 Å². The molecule has 4 heteroatoms. The molecule has 4 aromatic carbocycles. The number of hydrogen-bond acceptors (Lipinski definition) is 1. The van der Waals surface area contributed by atoms with Gasteiger partial charge in [0, 0.05) is 10.8 Å². The topological polar surface area (TPSA) is 37.3 Å². The van der Waals surface area contributed by atoms with Crippen molar-refractivity contribution in [3.05, 3.63) is 146 Å². The molecule has 0 aliphatic heterocycles. The van der Waals surface area contributed by atoms with Crippen LogP contribution in [0.2, 0.25) is 0 Å². The van der Waals surface area contributed by atoms with Crippen LogP contribution in [0.1, 0.15) is 6.42 Å². The minimum atomic E-state index is -1.04. The van der Waals surface area contributed by atoms with E-state index in [9.17, 15) is 9.90 Å². The highest BCUT2D eigenvalue weighted by atomic mass is 31.1. The lowest BCUT2D eigenvalue weighted by atomic mass is 9.95. The second kappa shape index (κ2) is 11.2. The van der Waals surface area contributed by atoms with E-state index in [1.165, 1.54) is 21.2 Å². The molecule has 0 saturated carbocycles. The Kier molecular flexibility index (Phi) is 7.57. The van der Waals surface area contributed by atoms with Crippen LogP contribution in [0.15, 0.2) is 146 Å². The van der Waals surface area contributed by atoms with Gasteiger partial charge in [-0.3, -0.25) is 4.79 Å². The van der Waals surface area contributed by atoms with Gasteiger partial charge in [0.05, 0.1) is 6.42 Å². The lowest BCUT2D eigenvalue weighted by Crippen LogP contribution is -2.47. The Hall–Kier alpha value is -3.31. The summed E-state index contributed by atoms with van der Waals surface area (Å²) in [5, 5.41) is 14.7. The van der Waals surface area contributed by atoms with Crippen LogP contribution in [0.5, 0.6) is 0 Å². The number of carboxylic acids is 1. The predicted molar refractivity (Wildman–Crippen MR) is 155 cm³/mol. The maximum atomic E-state index is 12.6. The first-order chi connectivity index (χ1) is 17.7. The van der Waals surface area contributed by atoms with Gasteiger partial charge in [-0.25, -0.2) is 0 Å². The lowest BCUT2D eigenvalue weighted by Gasteiger charge is -2.48. The average Bonchev–Trinajstić information content (AvgIpc) is 2.92. The first-order valence-electron chi connectivity index (χ1n) is 12.1. The lowest BCUT2D eigenvalue weighted by molar-refractivity contribution is -0.137. The Morgan fingerprint density at radius 3 is 1.47 bits per heavy atom. The Balaban J connectivity index is 1.78. The van der Waals surface area contributed by atoms with Gasteiger partial charge in [0.25, 0.3) is 0 Å². The van der Waals surface area contributed by atoms with Crippen molar-refractivity contribution < 1.29 is 9.90 Å². The summed E-state index contributed by atoms with van der Waals surface area (Å²) in [7, 11) is -1.93. The largest absolute Gasteiger partial charge is 0.481 e. The molecular formula is C32H28O2P2. The third-order valence-corrected chi connectivity index (χ3v) is 12.7. The molecule has 4 aromatic rings. The number of carbonyl (C=O) groups is 1. The predicted octanol–water partition coefficient (Wildman–Crippen LogP) is 5.96. The number of hydrogen-bond donors (Lipinski definition) is 1. The van der Waals surface area contributed by atoms with Crippen LogP contribution < -0.4 is 21.2 Å². The number of allylic oxidation sites excluding steroid dienone is 4. The van der Waals surface area contributed by atoms with Crippen molar-refractivity contribution >= 4 is 43.0 Å². The third-order valence-electron chi connectivity index (χ3n) is 6.53. The molecule has 2 atom stereocenters. The van der Waals surface area contributed by atoms with Gasteiger partial charge in [0.2, 0.25) is 0 Å². The fourth-order valence-electron chi connectivity index (χ4n) is 5.09. The Morgan fingerprint density at radius 1 is 0.639 bits per heavy atom. The molecular weight excluding hydrogens is 478 g/mol. The maximum absolute atomic E-state index is 12.6. The van der Waals surface area contributed by atoms with Crippen LogP contribution in [0, 0.1) is 0 Å². The fraction of sp³-hybridized carbons (Fsp3) is 0.0938. The number of aliphatic carboxylic acids is 1. The van der Waals surface area contributed by atoms with Gasteiger partial charge in [0.1, 0.15) is 0 Å². The molecule has 2 nitrogen and oxygen atoms in total. The number of benzene rings is 4. The summed E-state index contributed by atoms with van der Waals surface area (Å²) in [6.07, 6.45) is 8.71. The van der Waals surface area contributed by atoms with Crippen LogP contribution in [0.3, 0.4) is 0 Å². The Morgan fingerprint density at radius 2 is 1.06 bits per heavy atom. The monoisotopic (exact) mass is 506 g/mol. The van der Waals surface area contributed by atoms with Crippen molar-refractivity contribution in [2.45, 2.75) is 17.2 Å². The van der Waals surface area contributed by atoms with E-state index in [0.29, 0.717) is 0 Å². The van der Waals surface area contributed by atoms with Gasteiger partial charge in [0.15, 0.2) is 0 Å². The molecule has 0 bridgehead atoms. The Bertz CT molecular complexity index is 1260. The van der Waals surface area contributed by atoms with Crippen molar-refractivity contribution in [3.63, 3.8) is 0 Å². The van der Waals surface area contributed by atoms with E-state index >= 15 is 0 Å². The molecule has 0 fully saturated rings. The molecule has 0 amide bonds. The normalized spacial score (nSPS) is 19.0.